The molecule has 1 spiro atoms. The first-order valence-electron chi connectivity index (χ1n) is 10.7. The van der Waals surface area contributed by atoms with Gasteiger partial charge in [0.25, 0.3) is 0 Å². The van der Waals surface area contributed by atoms with E-state index in [0.29, 0.717) is 0 Å². The van der Waals surface area contributed by atoms with Gasteiger partial charge in [0, 0.05) is 24.4 Å². The van der Waals surface area contributed by atoms with E-state index in [1.54, 1.807) is 0 Å². The van der Waals surface area contributed by atoms with Crippen molar-refractivity contribution in [1.82, 2.24) is 14.8 Å². The van der Waals surface area contributed by atoms with Crippen LogP contribution in [0.3, 0.4) is 0 Å². The van der Waals surface area contributed by atoms with Crippen LogP contribution in [0.1, 0.15) is 55.3 Å². The standard InChI is InChI=1S/C24H33N3O/c1-3-4-14-26(2)22-20-9-5-6-10-21(20)24(23(22)28)11-15-27(16-12-24)18-19-8-7-13-25-17-19/h5-10,13,17,22-23,28H,3-4,11-12,14-16,18H2,1-2H3/t22-,23+/m0/s1. The molecule has 4 nitrogen and oxygen atoms in total. The Morgan fingerprint density at radius 3 is 2.68 bits per heavy atom. The van der Waals surface area contributed by atoms with Crippen LogP contribution in [0, 0.1) is 0 Å². The lowest BCUT2D eigenvalue weighted by atomic mass is 9.72. The molecule has 1 fully saturated rings. The molecule has 28 heavy (non-hydrogen) atoms. The number of unbranched alkanes of at least 4 members (excludes halogenated alkanes) is 1. The smallest absolute Gasteiger partial charge is 0.0834 e. The first-order chi connectivity index (χ1) is 13.7. The van der Waals surface area contributed by atoms with Gasteiger partial charge in [-0.3, -0.25) is 14.8 Å². The van der Waals surface area contributed by atoms with Gasteiger partial charge in [-0.15, -0.1) is 0 Å². The fraction of sp³-hybridized carbons (Fsp3) is 0.542. The summed E-state index contributed by atoms with van der Waals surface area (Å²) in [6.45, 7) is 6.25. The van der Waals surface area contributed by atoms with E-state index in [0.717, 1.165) is 39.0 Å². The van der Waals surface area contributed by atoms with Crippen LogP contribution in [0.5, 0.6) is 0 Å². The number of likely N-dealkylation sites (tertiary alicyclic amines) is 1. The molecule has 0 radical (unpaired) electrons. The van der Waals surface area contributed by atoms with Crippen LogP contribution in [0.2, 0.25) is 0 Å². The Balaban J connectivity index is 1.53. The van der Waals surface area contributed by atoms with Crippen molar-refractivity contribution in [2.45, 2.75) is 56.7 Å². The monoisotopic (exact) mass is 379 g/mol. The number of benzene rings is 1. The summed E-state index contributed by atoms with van der Waals surface area (Å²) in [5, 5.41) is 11.6. The van der Waals surface area contributed by atoms with Crippen molar-refractivity contribution in [1.29, 1.82) is 0 Å². The predicted molar refractivity (Wildman–Crippen MR) is 113 cm³/mol. The predicted octanol–water partition coefficient (Wildman–Crippen LogP) is 3.76. The van der Waals surface area contributed by atoms with Crippen molar-refractivity contribution in [2.75, 3.05) is 26.7 Å². The summed E-state index contributed by atoms with van der Waals surface area (Å²) in [6.07, 6.45) is 7.86. The third-order valence-corrected chi connectivity index (χ3v) is 6.90. The molecule has 2 aliphatic rings. The maximum atomic E-state index is 11.6. The van der Waals surface area contributed by atoms with Crippen LogP contribution in [-0.2, 0) is 12.0 Å². The summed E-state index contributed by atoms with van der Waals surface area (Å²) in [5.41, 5.74) is 3.89. The summed E-state index contributed by atoms with van der Waals surface area (Å²) < 4.78 is 0. The molecular weight excluding hydrogens is 346 g/mol. The molecule has 2 aromatic rings. The van der Waals surface area contributed by atoms with E-state index in [2.05, 4.69) is 59.1 Å². The molecule has 0 unspecified atom stereocenters. The van der Waals surface area contributed by atoms with Gasteiger partial charge in [0.2, 0.25) is 0 Å². The average molecular weight is 380 g/mol. The third-order valence-electron chi connectivity index (χ3n) is 6.90. The van der Waals surface area contributed by atoms with Crippen LogP contribution in [-0.4, -0.2) is 52.7 Å². The van der Waals surface area contributed by atoms with E-state index in [9.17, 15) is 5.11 Å². The van der Waals surface area contributed by atoms with Gasteiger partial charge in [-0.1, -0.05) is 43.7 Å². The van der Waals surface area contributed by atoms with Crippen LogP contribution < -0.4 is 0 Å². The van der Waals surface area contributed by atoms with Crippen LogP contribution in [0.4, 0.5) is 0 Å². The molecule has 2 heterocycles. The summed E-state index contributed by atoms with van der Waals surface area (Å²) >= 11 is 0. The molecule has 4 rings (SSSR count). The van der Waals surface area contributed by atoms with E-state index in [1.165, 1.54) is 29.5 Å². The molecule has 4 heteroatoms. The zero-order valence-electron chi connectivity index (χ0n) is 17.2. The maximum absolute atomic E-state index is 11.6. The second kappa shape index (κ2) is 8.32. The molecule has 0 saturated carbocycles. The van der Waals surface area contributed by atoms with Crippen LogP contribution in [0.25, 0.3) is 0 Å². The average Bonchev–Trinajstić information content (AvgIpc) is 2.97. The Hall–Kier alpha value is -1.75. The minimum absolute atomic E-state index is 0.104. The molecule has 150 valence electrons. The number of fused-ring (bicyclic) bond motifs is 2. The number of hydrogen-bond donors (Lipinski definition) is 1. The number of rotatable bonds is 6. The number of aromatic nitrogens is 1. The number of likely N-dealkylation sites (N-methyl/N-ethyl adjacent to an activating group) is 1. The van der Waals surface area contributed by atoms with Crippen molar-refractivity contribution < 1.29 is 5.11 Å². The Morgan fingerprint density at radius 2 is 1.96 bits per heavy atom. The molecule has 1 aliphatic carbocycles. The largest absolute Gasteiger partial charge is 0.390 e. The van der Waals surface area contributed by atoms with Gasteiger partial charge in [0.05, 0.1) is 12.1 Å². The summed E-state index contributed by atoms with van der Waals surface area (Å²) in [6, 6.07) is 13.1. The fourth-order valence-electron chi connectivity index (χ4n) is 5.29. The molecule has 1 aromatic heterocycles. The van der Waals surface area contributed by atoms with Crippen molar-refractivity contribution in [3.05, 3.63) is 65.5 Å². The highest BCUT2D eigenvalue weighted by Gasteiger charge is 2.53. The molecule has 0 bridgehead atoms. The Morgan fingerprint density at radius 1 is 1.18 bits per heavy atom. The van der Waals surface area contributed by atoms with Gasteiger partial charge < -0.3 is 5.11 Å². The number of piperidine rings is 1. The fourth-order valence-corrected chi connectivity index (χ4v) is 5.29. The summed E-state index contributed by atoms with van der Waals surface area (Å²) in [4.78, 5) is 9.13. The second-order valence-corrected chi connectivity index (χ2v) is 8.60. The topological polar surface area (TPSA) is 39.6 Å². The zero-order valence-corrected chi connectivity index (χ0v) is 17.2. The van der Waals surface area contributed by atoms with E-state index in [4.69, 9.17) is 0 Å². The minimum Gasteiger partial charge on any atom is -0.390 e. The van der Waals surface area contributed by atoms with Gasteiger partial charge in [-0.05, 0) is 68.7 Å². The van der Waals surface area contributed by atoms with Crippen molar-refractivity contribution in [3.63, 3.8) is 0 Å². The SMILES string of the molecule is CCCCN(C)[C@H]1c2ccccc2C2(CCN(Cc3cccnc3)CC2)[C@@H]1O. The van der Waals surface area contributed by atoms with E-state index in [1.807, 2.05) is 18.5 Å². The van der Waals surface area contributed by atoms with Gasteiger partial charge in [0.15, 0.2) is 0 Å². The zero-order chi connectivity index (χ0) is 19.6. The quantitative estimate of drug-likeness (QED) is 0.829. The highest BCUT2D eigenvalue weighted by molar-refractivity contribution is 5.45. The Kier molecular flexibility index (Phi) is 5.81. The lowest BCUT2D eigenvalue weighted by Gasteiger charge is -2.43. The number of aliphatic hydroxyl groups is 1. The second-order valence-electron chi connectivity index (χ2n) is 8.60. The molecule has 1 aromatic carbocycles. The summed E-state index contributed by atoms with van der Waals surface area (Å²) in [7, 11) is 2.18. The van der Waals surface area contributed by atoms with E-state index < -0.39 is 0 Å². The number of hydrogen-bond acceptors (Lipinski definition) is 4. The van der Waals surface area contributed by atoms with Gasteiger partial charge >= 0.3 is 0 Å². The van der Waals surface area contributed by atoms with Gasteiger partial charge in [0.1, 0.15) is 0 Å². The lowest BCUT2D eigenvalue weighted by Crippen LogP contribution is -2.49. The molecule has 0 amide bonds. The first kappa shape index (κ1) is 19.6. The van der Waals surface area contributed by atoms with E-state index >= 15 is 0 Å². The Labute approximate surface area is 169 Å². The summed E-state index contributed by atoms with van der Waals surface area (Å²) in [5.74, 6) is 0. The first-order valence-corrected chi connectivity index (χ1v) is 10.7. The maximum Gasteiger partial charge on any atom is 0.0834 e. The molecule has 2 atom stereocenters. The number of aliphatic hydroxyl groups excluding tert-OH is 1. The number of pyridine rings is 1. The normalized spacial score (nSPS) is 24.0. The minimum atomic E-state index is -0.327. The van der Waals surface area contributed by atoms with Gasteiger partial charge in [-0.2, -0.15) is 0 Å². The third kappa shape index (κ3) is 3.49. The highest BCUT2D eigenvalue weighted by atomic mass is 16.3. The van der Waals surface area contributed by atoms with Crippen LogP contribution in [0.15, 0.2) is 48.8 Å². The molecule has 1 aliphatic heterocycles. The van der Waals surface area contributed by atoms with Crippen LogP contribution >= 0.6 is 0 Å². The van der Waals surface area contributed by atoms with Gasteiger partial charge in [-0.25, -0.2) is 0 Å². The Bertz CT molecular complexity index is 770. The number of nitrogens with zero attached hydrogens (tertiary/aromatic N) is 3. The highest BCUT2D eigenvalue weighted by Crippen LogP contribution is 2.52. The molecule has 1 saturated heterocycles. The lowest BCUT2D eigenvalue weighted by molar-refractivity contribution is -0.00997. The molecule has 1 N–H and O–H groups in total. The van der Waals surface area contributed by atoms with E-state index in [-0.39, 0.29) is 17.6 Å². The molecular formula is C24H33N3O. The van der Waals surface area contributed by atoms with Crippen molar-refractivity contribution >= 4 is 0 Å². The van der Waals surface area contributed by atoms with Crippen molar-refractivity contribution in [3.8, 4) is 0 Å². The van der Waals surface area contributed by atoms with Crippen molar-refractivity contribution in [2.24, 2.45) is 0 Å².